The van der Waals surface area contributed by atoms with E-state index in [0.29, 0.717) is 12.0 Å². The molecule has 160 valence electrons. The van der Waals surface area contributed by atoms with Gasteiger partial charge in [-0.1, -0.05) is 24.3 Å². The van der Waals surface area contributed by atoms with Crippen LogP contribution in [0.4, 0.5) is 5.69 Å². The fourth-order valence-corrected chi connectivity index (χ4v) is 5.17. The lowest BCUT2D eigenvalue weighted by Crippen LogP contribution is -2.43. The molecule has 0 aliphatic carbocycles. The van der Waals surface area contributed by atoms with Crippen LogP contribution in [0.2, 0.25) is 0 Å². The number of hydrogen-bond donors (Lipinski definition) is 2. The molecule has 2 aromatic rings. The maximum absolute atomic E-state index is 12.8. The minimum Gasteiger partial charge on any atom is -0.357 e. The van der Waals surface area contributed by atoms with Gasteiger partial charge < -0.3 is 15.5 Å². The molecule has 6 nitrogen and oxygen atoms in total. The molecule has 0 radical (unpaired) electrons. The summed E-state index contributed by atoms with van der Waals surface area (Å²) >= 11 is 1.81. The molecule has 2 aliphatic rings. The van der Waals surface area contributed by atoms with Crippen molar-refractivity contribution < 1.29 is 4.79 Å². The second-order valence-electron chi connectivity index (χ2n) is 7.77. The van der Waals surface area contributed by atoms with Crippen LogP contribution in [-0.4, -0.2) is 56.0 Å². The maximum atomic E-state index is 12.8. The molecule has 1 unspecified atom stereocenters. The van der Waals surface area contributed by atoms with Crippen molar-refractivity contribution in [3.63, 3.8) is 0 Å². The van der Waals surface area contributed by atoms with Gasteiger partial charge in [-0.2, -0.15) is 0 Å². The number of fused-ring (bicyclic) bond motifs is 1. The van der Waals surface area contributed by atoms with Crippen LogP contribution in [0.5, 0.6) is 0 Å². The third kappa shape index (κ3) is 4.84. The Balaban J connectivity index is 1.39. The fourth-order valence-electron chi connectivity index (χ4n) is 4.31. The molecule has 3 heterocycles. The molecule has 1 amide bonds. The molecule has 2 aliphatic heterocycles. The molecule has 1 aromatic carbocycles. The number of thiophene rings is 1. The zero-order valence-electron chi connectivity index (χ0n) is 17.6. The number of nitrogens with zero attached hydrogens (tertiary/aromatic N) is 3. The van der Waals surface area contributed by atoms with E-state index >= 15 is 0 Å². The molecule has 0 spiro atoms. The number of likely N-dealkylation sites (tertiary alicyclic amines) is 1. The number of nitrogens with one attached hydrogen (secondary N) is 2. The summed E-state index contributed by atoms with van der Waals surface area (Å²) in [6.07, 6.45) is 3.45. The Morgan fingerprint density at radius 1 is 1.13 bits per heavy atom. The van der Waals surface area contributed by atoms with Gasteiger partial charge in [0.2, 0.25) is 5.91 Å². The van der Waals surface area contributed by atoms with E-state index in [1.807, 2.05) is 41.4 Å². The number of carbonyl (C=O) groups excluding carboxylic acids is 1. The molecule has 1 fully saturated rings. The first-order valence-electron chi connectivity index (χ1n) is 10.9. The van der Waals surface area contributed by atoms with Crippen molar-refractivity contribution in [3.05, 3.63) is 52.2 Å². The molecule has 7 heteroatoms. The Hall–Kier alpha value is -2.38. The predicted octanol–water partition coefficient (Wildman–Crippen LogP) is 3.03. The van der Waals surface area contributed by atoms with Crippen LogP contribution < -0.4 is 15.5 Å². The monoisotopic (exact) mass is 425 g/mol. The minimum atomic E-state index is 0.0477. The third-order valence-electron chi connectivity index (χ3n) is 5.82. The molecular weight excluding hydrogens is 394 g/mol. The number of guanidine groups is 1. The van der Waals surface area contributed by atoms with Gasteiger partial charge in [0.1, 0.15) is 6.54 Å². The summed E-state index contributed by atoms with van der Waals surface area (Å²) in [5, 5.41) is 8.92. The summed E-state index contributed by atoms with van der Waals surface area (Å²) in [5.74, 6) is 0.755. The van der Waals surface area contributed by atoms with E-state index in [0.717, 1.165) is 44.8 Å². The van der Waals surface area contributed by atoms with Crippen molar-refractivity contribution in [2.45, 2.75) is 32.2 Å². The van der Waals surface area contributed by atoms with Crippen LogP contribution in [0.25, 0.3) is 0 Å². The Kier molecular flexibility index (Phi) is 7.02. The Morgan fingerprint density at radius 2 is 1.97 bits per heavy atom. The number of para-hydroxylation sites is 1. The van der Waals surface area contributed by atoms with Crippen LogP contribution in [-0.2, 0) is 11.2 Å². The van der Waals surface area contributed by atoms with E-state index in [1.165, 1.54) is 23.3 Å². The van der Waals surface area contributed by atoms with Crippen molar-refractivity contribution in [1.29, 1.82) is 0 Å². The number of aliphatic imine (C=N–C) groups is 1. The number of amides is 1. The molecular formula is C23H31N5OS. The van der Waals surface area contributed by atoms with Crippen LogP contribution in [0, 0.1) is 0 Å². The van der Waals surface area contributed by atoms with Crippen molar-refractivity contribution in [2.24, 2.45) is 4.99 Å². The van der Waals surface area contributed by atoms with E-state index < -0.39 is 0 Å². The van der Waals surface area contributed by atoms with Crippen LogP contribution in [0.1, 0.15) is 36.2 Å². The highest BCUT2D eigenvalue weighted by Gasteiger charge is 2.25. The van der Waals surface area contributed by atoms with E-state index in [1.54, 1.807) is 0 Å². The average molecular weight is 426 g/mol. The summed E-state index contributed by atoms with van der Waals surface area (Å²) in [6, 6.07) is 12.8. The zero-order chi connectivity index (χ0) is 20.8. The van der Waals surface area contributed by atoms with Crippen molar-refractivity contribution in [3.8, 4) is 0 Å². The highest BCUT2D eigenvalue weighted by molar-refractivity contribution is 7.10. The molecule has 1 saturated heterocycles. The van der Waals surface area contributed by atoms with Crippen molar-refractivity contribution in [2.75, 3.05) is 44.2 Å². The number of anilines is 1. The lowest BCUT2D eigenvalue weighted by atomic mass is 10.2. The highest BCUT2D eigenvalue weighted by atomic mass is 32.1. The summed E-state index contributed by atoms with van der Waals surface area (Å²) in [6.45, 7) is 6.78. The standard InChI is InChI=1S/C23H31N5OS/c1-2-24-23(25-16-20(21-10-7-15-30-21)27-12-5-6-13-27)26-17-22(29)28-14-11-18-8-3-4-9-19(18)28/h3-4,7-10,15,20H,2,5-6,11-14,16-17H2,1H3,(H2,24,25,26). The Morgan fingerprint density at radius 3 is 2.73 bits per heavy atom. The molecule has 1 aromatic heterocycles. The van der Waals surface area contributed by atoms with E-state index in [9.17, 15) is 4.79 Å². The van der Waals surface area contributed by atoms with Crippen molar-refractivity contribution >= 4 is 28.9 Å². The van der Waals surface area contributed by atoms with Gasteiger partial charge in [-0.15, -0.1) is 11.3 Å². The summed E-state index contributed by atoms with van der Waals surface area (Å²) in [4.78, 5) is 23.2. The van der Waals surface area contributed by atoms with Crippen molar-refractivity contribution in [1.82, 2.24) is 15.5 Å². The smallest absolute Gasteiger partial charge is 0.248 e. The van der Waals surface area contributed by atoms with Gasteiger partial charge in [0.05, 0.1) is 6.04 Å². The second kappa shape index (κ2) is 10.1. The highest BCUT2D eigenvalue weighted by Crippen LogP contribution is 2.28. The van der Waals surface area contributed by atoms with Crippen LogP contribution >= 0.6 is 11.3 Å². The largest absolute Gasteiger partial charge is 0.357 e. The van der Waals surface area contributed by atoms with Gasteiger partial charge >= 0.3 is 0 Å². The lowest BCUT2D eigenvalue weighted by Gasteiger charge is -2.27. The van der Waals surface area contributed by atoms with Gasteiger partial charge in [0.15, 0.2) is 5.96 Å². The lowest BCUT2D eigenvalue weighted by molar-refractivity contribution is -0.117. The first kappa shape index (κ1) is 20.9. The number of carbonyl (C=O) groups is 1. The SMILES string of the molecule is CCNC(=NCC(=O)N1CCc2ccccc21)NCC(c1cccs1)N1CCCC1. The topological polar surface area (TPSA) is 60.0 Å². The zero-order valence-corrected chi connectivity index (χ0v) is 18.5. The van der Waals surface area contributed by atoms with Gasteiger partial charge in [0.25, 0.3) is 0 Å². The van der Waals surface area contributed by atoms with E-state index in [4.69, 9.17) is 0 Å². The Bertz CT molecular complexity index is 860. The molecule has 0 saturated carbocycles. The number of benzene rings is 1. The summed E-state index contributed by atoms with van der Waals surface area (Å²) < 4.78 is 0. The van der Waals surface area contributed by atoms with Gasteiger partial charge in [-0.25, -0.2) is 4.99 Å². The molecule has 30 heavy (non-hydrogen) atoms. The molecule has 0 bridgehead atoms. The Labute approximate surface area is 183 Å². The van der Waals surface area contributed by atoms with Crippen LogP contribution in [0.3, 0.4) is 0 Å². The maximum Gasteiger partial charge on any atom is 0.248 e. The number of rotatable bonds is 7. The summed E-state index contributed by atoms with van der Waals surface area (Å²) in [5.41, 5.74) is 2.27. The fraction of sp³-hybridized carbons (Fsp3) is 0.478. The second-order valence-corrected chi connectivity index (χ2v) is 8.75. The predicted molar refractivity (Wildman–Crippen MR) is 124 cm³/mol. The first-order chi connectivity index (χ1) is 14.8. The van der Waals surface area contributed by atoms with Gasteiger partial charge in [-0.05, 0) is 62.4 Å². The number of hydrogen-bond acceptors (Lipinski definition) is 4. The molecule has 1 atom stereocenters. The minimum absolute atomic E-state index is 0.0477. The summed E-state index contributed by atoms with van der Waals surface area (Å²) in [7, 11) is 0. The average Bonchev–Trinajstić information content (AvgIpc) is 3.54. The quantitative estimate of drug-likeness (QED) is 0.529. The normalized spacial score (nSPS) is 17.8. The molecule has 2 N–H and O–H groups in total. The van der Waals surface area contributed by atoms with E-state index in [-0.39, 0.29) is 12.5 Å². The van der Waals surface area contributed by atoms with Gasteiger partial charge in [-0.3, -0.25) is 9.69 Å². The molecule has 4 rings (SSSR count). The van der Waals surface area contributed by atoms with Gasteiger partial charge in [0, 0.05) is 30.2 Å². The van der Waals surface area contributed by atoms with Crippen LogP contribution in [0.15, 0.2) is 46.8 Å². The first-order valence-corrected chi connectivity index (χ1v) is 11.8. The van der Waals surface area contributed by atoms with E-state index in [2.05, 4.69) is 44.1 Å². The third-order valence-corrected chi connectivity index (χ3v) is 6.79.